The second kappa shape index (κ2) is 3.93. The SMILES string of the molecule is CC(C)=CC(C)C1C=C(C)CC1. The first-order valence-corrected chi connectivity index (χ1v) is 4.92. The van der Waals surface area contributed by atoms with Crippen molar-refractivity contribution in [3.63, 3.8) is 0 Å². The van der Waals surface area contributed by atoms with Gasteiger partial charge in [-0.25, -0.2) is 0 Å². The fraction of sp³-hybridized carbons (Fsp3) is 0.667. The minimum absolute atomic E-state index is 0.729. The van der Waals surface area contributed by atoms with Gasteiger partial charge in [0.2, 0.25) is 0 Å². The topological polar surface area (TPSA) is 0 Å². The Morgan fingerprint density at radius 1 is 1.58 bits per heavy atom. The Morgan fingerprint density at radius 2 is 2.25 bits per heavy atom. The van der Waals surface area contributed by atoms with Gasteiger partial charge in [0, 0.05) is 0 Å². The third-order valence-corrected chi connectivity index (χ3v) is 2.64. The largest absolute Gasteiger partial charge is 0.0825 e. The Balaban J connectivity index is 2.54. The van der Waals surface area contributed by atoms with Gasteiger partial charge in [-0.1, -0.05) is 30.2 Å². The maximum Gasteiger partial charge on any atom is -0.0167 e. The first-order chi connectivity index (χ1) is 5.59. The van der Waals surface area contributed by atoms with Crippen molar-refractivity contribution in [2.75, 3.05) is 0 Å². The molecule has 0 spiro atoms. The molecule has 0 amide bonds. The normalized spacial score (nSPS) is 25.0. The molecule has 0 N–H and O–H groups in total. The van der Waals surface area contributed by atoms with Gasteiger partial charge in [0.25, 0.3) is 0 Å². The highest BCUT2D eigenvalue weighted by atomic mass is 14.2. The van der Waals surface area contributed by atoms with E-state index in [1.165, 1.54) is 18.4 Å². The van der Waals surface area contributed by atoms with Crippen molar-refractivity contribution in [2.24, 2.45) is 11.8 Å². The van der Waals surface area contributed by atoms with Crippen molar-refractivity contribution in [1.82, 2.24) is 0 Å². The van der Waals surface area contributed by atoms with Crippen LogP contribution in [0.5, 0.6) is 0 Å². The summed E-state index contributed by atoms with van der Waals surface area (Å²) in [5.41, 5.74) is 3.02. The maximum absolute atomic E-state index is 2.45. The highest BCUT2D eigenvalue weighted by molar-refractivity contribution is 5.12. The quantitative estimate of drug-likeness (QED) is 0.542. The summed E-state index contributed by atoms with van der Waals surface area (Å²) in [4.78, 5) is 0. The Kier molecular flexibility index (Phi) is 3.13. The van der Waals surface area contributed by atoms with Crippen LogP contribution in [0.15, 0.2) is 23.3 Å². The van der Waals surface area contributed by atoms with Gasteiger partial charge in [0.15, 0.2) is 0 Å². The summed E-state index contributed by atoms with van der Waals surface area (Å²) in [5.74, 6) is 1.53. The Morgan fingerprint density at radius 3 is 2.67 bits per heavy atom. The summed E-state index contributed by atoms with van der Waals surface area (Å²) in [6, 6.07) is 0. The summed E-state index contributed by atoms with van der Waals surface area (Å²) >= 11 is 0. The third kappa shape index (κ3) is 2.51. The molecule has 0 bridgehead atoms. The smallest absolute Gasteiger partial charge is 0.0167 e. The molecular formula is C12H20. The van der Waals surface area contributed by atoms with Crippen molar-refractivity contribution in [3.05, 3.63) is 23.3 Å². The molecule has 0 saturated heterocycles. The number of hydrogen-bond acceptors (Lipinski definition) is 0. The lowest BCUT2D eigenvalue weighted by Gasteiger charge is -2.13. The van der Waals surface area contributed by atoms with E-state index in [1.807, 2.05) is 0 Å². The minimum Gasteiger partial charge on any atom is -0.0825 e. The number of rotatable bonds is 2. The van der Waals surface area contributed by atoms with E-state index < -0.39 is 0 Å². The van der Waals surface area contributed by atoms with Crippen molar-refractivity contribution in [1.29, 1.82) is 0 Å². The van der Waals surface area contributed by atoms with Gasteiger partial charge in [-0.15, -0.1) is 0 Å². The van der Waals surface area contributed by atoms with Gasteiger partial charge in [-0.2, -0.15) is 0 Å². The van der Waals surface area contributed by atoms with Crippen LogP contribution in [0.3, 0.4) is 0 Å². The lowest BCUT2D eigenvalue weighted by Crippen LogP contribution is -2.03. The Hall–Kier alpha value is -0.520. The van der Waals surface area contributed by atoms with Crippen LogP contribution in [-0.2, 0) is 0 Å². The van der Waals surface area contributed by atoms with Gasteiger partial charge < -0.3 is 0 Å². The molecule has 2 unspecified atom stereocenters. The fourth-order valence-electron chi connectivity index (χ4n) is 1.99. The van der Waals surface area contributed by atoms with Crippen LogP contribution in [0.25, 0.3) is 0 Å². The molecule has 12 heavy (non-hydrogen) atoms. The summed E-state index contributed by atoms with van der Waals surface area (Å²) < 4.78 is 0. The lowest BCUT2D eigenvalue weighted by molar-refractivity contribution is 0.500. The van der Waals surface area contributed by atoms with Crippen LogP contribution >= 0.6 is 0 Å². The summed E-state index contributed by atoms with van der Waals surface area (Å²) in [6.45, 7) is 8.94. The van der Waals surface area contributed by atoms with Gasteiger partial charge in [0.1, 0.15) is 0 Å². The van der Waals surface area contributed by atoms with E-state index in [0.717, 1.165) is 11.8 Å². The van der Waals surface area contributed by atoms with E-state index in [9.17, 15) is 0 Å². The molecule has 1 aliphatic rings. The summed E-state index contributed by atoms with van der Waals surface area (Å²) in [6.07, 6.45) is 7.51. The summed E-state index contributed by atoms with van der Waals surface area (Å²) in [5, 5.41) is 0. The molecule has 0 saturated carbocycles. The lowest BCUT2D eigenvalue weighted by atomic mass is 9.92. The molecule has 1 aliphatic carbocycles. The number of hydrogen-bond donors (Lipinski definition) is 0. The predicted octanol–water partition coefficient (Wildman–Crippen LogP) is 3.95. The second-order valence-electron chi connectivity index (χ2n) is 4.32. The average molecular weight is 164 g/mol. The van der Waals surface area contributed by atoms with Crippen molar-refractivity contribution in [2.45, 2.75) is 40.5 Å². The van der Waals surface area contributed by atoms with E-state index >= 15 is 0 Å². The average Bonchev–Trinajstić information content (AvgIpc) is 2.34. The molecular weight excluding hydrogens is 144 g/mol. The van der Waals surface area contributed by atoms with Crippen molar-refractivity contribution in [3.8, 4) is 0 Å². The van der Waals surface area contributed by atoms with Crippen molar-refractivity contribution < 1.29 is 0 Å². The van der Waals surface area contributed by atoms with E-state index in [2.05, 4.69) is 39.8 Å². The molecule has 0 heteroatoms. The molecule has 0 nitrogen and oxygen atoms in total. The molecule has 2 atom stereocenters. The van der Waals surface area contributed by atoms with Crippen LogP contribution in [0.2, 0.25) is 0 Å². The molecule has 68 valence electrons. The number of allylic oxidation sites excluding steroid dienone is 4. The van der Waals surface area contributed by atoms with Crippen LogP contribution < -0.4 is 0 Å². The van der Waals surface area contributed by atoms with Crippen molar-refractivity contribution >= 4 is 0 Å². The zero-order chi connectivity index (χ0) is 9.14. The Bertz CT molecular complexity index is 204. The van der Waals surface area contributed by atoms with E-state index in [0.29, 0.717) is 0 Å². The molecule has 0 aliphatic heterocycles. The first-order valence-electron chi connectivity index (χ1n) is 4.92. The molecule has 0 aromatic rings. The second-order valence-corrected chi connectivity index (χ2v) is 4.32. The molecule has 0 radical (unpaired) electrons. The fourth-order valence-corrected chi connectivity index (χ4v) is 1.99. The van der Waals surface area contributed by atoms with Gasteiger partial charge in [-0.3, -0.25) is 0 Å². The van der Waals surface area contributed by atoms with E-state index in [4.69, 9.17) is 0 Å². The standard InChI is InChI=1S/C12H20/c1-9(2)7-11(4)12-6-5-10(3)8-12/h7-8,11-12H,5-6H2,1-4H3. The van der Waals surface area contributed by atoms with Gasteiger partial charge >= 0.3 is 0 Å². The molecule has 0 heterocycles. The van der Waals surface area contributed by atoms with Crippen LogP contribution in [0, 0.1) is 11.8 Å². The first kappa shape index (κ1) is 9.57. The highest BCUT2D eigenvalue weighted by Gasteiger charge is 2.17. The third-order valence-electron chi connectivity index (χ3n) is 2.64. The van der Waals surface area contributed by atoms with Crippen LogP contribution in [0.4, 0.5) is 0 Å². The van der Waals surface area contributed by atoms with Gasteiger partial charge in [-0.05, 0) is 45.4 Å². The minimum atomic E-state index is 0.729. The zero-order valence-electron chi connectivity index (χ0n) is 8.72. The molecule has 0 aromatic heterocycles. The molecule has 1 rings (SSSR count). The monoisotopic (exact) mass is 164 g/mol. The highest BCUT2D eigenvalue weighted by Crippen LogP contribution is 2.30. The summed E-state index contributed by atoms with van der Waals surface area (Å²) in [7, 11) is 0. The molecule has 0 fully saturated rings. The zero-order valence-corrected chi connectivity index (χ0v) is 8.72. The Labute approximate surface area is 76.4 Å². The maximum atomic E-state index is 2.45. The van der Waals surface area contributed by atoms with Crippen LogP contribution in [0.1, 0.15) is 40.5 Å². The van der Waals surface area contributed by atoms with Crippen LogP contribution in [-0.4, -0.2) is 0 Å². The van der Waals surface area contributed by atoms with E-state index in [-0.39, 0.29) is 0 Å². The predicted molar refractivity (Wildman–Crippen MR) is 55.1 cm³/mol. The van der Waals surface area contributed by atoms with Gasteiger partial charge in [0.05, 0.1) is 0 Å². The van der Waals surface area contributed by atoms with E-state index in [1.54, 1.807) is 5.57 Å². The molecule has 0 aromatic carbocycles.